The van der Waals surface area contributed by atoms with Crippen molar-refractivity contribution < 1.29 is 0 Å². The molecule has 0 radical (unpaired) electrons. The maximum Gasteiger partial charge on any atom is 0.0782 e. The highest BCUT2D eigenvalue weighted by molar-refractivity contribution is 6.15. The molecule has 0 bridgehead atoms. The van der Waals surface area contributed by atoms with E-state index in [0.29, 0.717) is 0 Å². The average molecular weight is 728 g/mol. The van der Waals surface area contributed by atoms with Crippen molar-refractivity contribution in [1.82, 2.24) is 9.13 Å². The van der Waals surface area contributed by atoms with Gasteiger partial charge in [0.2, 0.25) is 0 Å². The molecule has 0 spiro atoms. The number of aromatic nitrogens is 2. The summed E-state index contributed by atoms with van der Waals surface area (Å²) < 4.78 is 4.85. The average Bonchev–Trinajstić information content (AvgIpc) is 3.81. The SMILES string of the molecule is c1ccc(-c2ccc(-n3c4ccccc4c4cccc(N(c5ccc6c7ccccc7n(-c7ccccc7)c6c5)c5ccccc5-c5ccccc5)c43)cc2)cc1. The van der Waals surface area contributed by atoms with Gasteiger partial charge in [-0.05, 0) is 77.4 Å². The van der Waals surface area contributed by atoms with Gasteiger partial charge in [-0.3, -0.25) is 0 Å². The second kappa shape index (κ2) is 13.6. The maximum atomic E-state index is 2.48. The van der Waals surface area contributed by atoms with E-state index in [0.717, 1.165) is 45.0 Å². The predicted octanol–water partition coefficient (Wildman–Crippen LogP) is 14.7. The first-order valence-electron chi connectivity index (χ1n) is 19.5. The molecule has 3 nitrogen and oxygen atoms in total. The Morgan fingerprint density at radius 3 is 1.54 bits per heavy atom. The van der Waals surface area contributed by atoms with E-state index in [9.17, 15) is 0 Å². The van der Waals surface area contributed by atoms with Gasteiger partial charge < -0.3 is 14.0 Å². The zero-order valence-corrected chi connectivity index (χ0v) is 31.2. The summed E-state index contributed by atoms with van der Waals surface area (Å²) in [6, 6.07) is 81.2. The summed E-state index contributed by atoms with van der Waals surface area (Å²) in [4.78, 5) is 2.48. The van der Waals surface area contributed by atoms with Crippen molar-refractivity contribution in [3.05, 3.63) is 224 Å². The number of benzene rings is 9. The summed E-state index contributed by atoms with van der Waals surface area (Å²) in [5, 5.41) is 4.88. The third-order valence-corrected chi connectivity index (χ3v) is 11.3. The third-order valence-electron chi connectivity index (χ3n) is 11.3. The van der Waals surface area contributed by atoms with Gasteiger partial charge >= 0.3 is 0 Å². The largest absolute Gasteiger partial charge is 0.309 e. The summed E-state index contributed by atoms with van der Waals surface area (Å²) in [7, 11) is 0. The van der Waals surface area contributed by atoms with Crippen LogP contribution < -0.4 is 4.90 Å². The number of hydrogen-bond donors (Lipinski definition) is 0. The number of para-hydroxylation sites is 5. The molecule has 0 aliphatic heterocycles. The van der Waals surface area contributed by atoms with Crippen LogP contribution >= 0.6 is 0 Å². The molecular formula is C54H37N3. The highest BCUT2D eigenvalue weighted by atomic mass is 15.2. The Bertz CT molecular complexity index is 3210. The van der Waals surface area contributed by atoms with Crippen molar-refractivity contribution in [3.8, 4) is 33.6 Å². The molecule has 11 aromatic rings. The van der Waals surface area contributed by atoms with Crippen molar-refractivity contribution >= 4 is 60.7 Å². The van der Waals surface area contributed by atoms with E-state index in [2.05, 4.69) is 238 Å². The van der Waals surface area contributed by atoms with Crippen LogP contribution in [0.15, 0.2) is 224 Å². The molecule has 0 N–H and O–H groups in total. The first-order chi connectivity index (χ1) is 28.3. The van der Waals surface area contributed by atoms with Gasteiger partial charge in [0, 0.05) is 44.2 Å². The molecule has 0 atom stereocenters. The number of anilines is 3. The van der Waals surface area contributed by atoms with Gasteiger partial charge in [-0.2, -0.15) is 0 Å². The van der Waals surface area contributed by atoms with Crippen LogP contribution in [0.3, 0.4) is 0 Å². The summed E-state index contributed by atoms with van der Waals surface area (Å²) >= 11 is 0. The monoisotopic (exact) mass is 727 g/mol. The Kier molecular flexibility index (Phi) is 7.82. The lowest BCUT2D eigenvalue weighted by atomic mass is 10.0. The highest BCUT2D eigenvalue weighted by Gasteiger charge is 2.24. The van der Waals surface area contributed by atoms with Crippen LogP contribution in [0, 0.1) is 0 Å². The number of hydrogen-bond acceptors (Lipinski definition) is 1. The van der Waals surface area contributed by atoms with E-state index in [4.69, 9.17) is 0 Å². The van der Waals surface area contributed by atoms with E-state index in [1.165, 1.54) is 49.3 Å². The molecule has 0 saturated heterocycles. The molecule has 3 heteroatoms. The fourth-order valence-electron chi connectivity index (χ4n) is 8.77. The van der Waals surface area contributed by atoms with Crippen LogP contribution in [0.25, 0.3) is 77.2 Å². The van der Waals surface area contributed by atoms with Crippen LogP contribution in [0.4, 0.5) is 17.1 Å². The summed E-state index contributed by atoms with van der Waals surface area (Å²) in [5.74, 6) is 0. The van der Waals surface area contributed by atoms with Gasteiger partial charge in [0.15, 0.2) is 0 Å². The zero-order chi connectivity index (χ0) is 37.7. The van der Waals surface area contributed by atoms with Gasteiger partial charge in [0.1, 0.15) is 0 Å². The molecule has 57 heavy (non-hydrogen) atoms. The highest BCUT2D eigenvalue weighted by Crippen LogP contribution is 2.47. The Labute approximate surface area is 331 Å². The lowest BCUT2D eigenvalue weighted by Gasteiger charge is -2.29. The molecule has 9 aromatic carbocycles. The molecular weight excluding hydrogens is 691 g/mol. The molecule has 0 amide bonds. The van der Waals surface area contributed by atoms with Gasteiger partial charge in [-0.15, -0.1) is 0 Å². The van der Waals surface area contributed by atoms with Crippen LogP contribution in [0.2, 0.25) is 0 Å². The Morgan fingerprint density at radius 2 is 0.807 bits per heavy atom. The minimum Gasteiger partial charge on any atom is -0.309 e. The molecule has 2 aromatic heterocycles. The minimum absolute atomic E-state index is 1.08. The zero-order valence-electron chi connectivity index (χ0n) is 31.2. The summed E-state index contributed by atoms with van der Waals surface area (Å²) in [5.41, 5.74) is 14.9. The molecule has 0 aliphatic carbocycles. The molecule has 2 heterocycles. The normalized spacial score (nSPS) is 11.5. The predicted molar refractivity (Wildman–Crippen MR) is 241 cm³/mol. The van der Waals surface area contributed by atoms with E-state index >= 15 is 0 Å². The first kappa shape index (κ1) is 32.8. The topological polar surface area (TPSA) is 13.1 Å². The smallest absolute Gasteiger partial charge is 0.0782 e. The van der Waals surface area contributed by atoms with E-state index in [-0.39, 0.29) is 0 Å². The summed E-state index contributed by atoms with van der Waals surface area (Å²) in [6.07, 6.45) is 0. The fraction of sp³-hybridized carbons (Fsp3) is 0. The van der Waals surface area contributed by atoms with Gasteiger partial charge in [-0.1, -0.05) is 164 Å². The van der Waals surface area contributed by atoms with Crippen LogP contribution in [0.1, 0.15) is 0 Å². The van der Waals surface area contributed by atoms with Gasteiger partial charge in [0.25, 0.3) is 0 Å². The van der Waals surface area contributed by atoms with Gasteiger partial charge in [0.05, 0.1) is 33.4 Å². The second-order valence-electron chi connectivity index (χ2n) is 14.5. The third kappa shape index (κ3) is 5.43. The number of rotatable bonds is 7. The summed E-state index contributed by atoms with van der Waals surface area (Å²) in [6.45, 7) is 0. The van der Waals surface area contributed by atoms with Crippen molar-refractivity contribution in [2.45, 2.75) is 0 Å². The molecule has 0 saturated carbocycles. The molecule has 11 rings (SSSR count). The fourth-order valence-corrected chi connectivity index (χ4v) is 8.77. The number of nitrogens with zero attached hydrogens (tertiary/aromatic N) is 3. The second-order valence-corrected chi connectivity index (χ2v) is 14.5. The van der Waals surface area contributed by atoms with Crippen molar-refractivity contribution in [2.24, 2.45) is 0 Å². The maximum absolute atomic E-state index is 2.48. The molecule has 268 valence electrons. The van der Waals surface area contributed by atoms with E-state index < -0.39 is 0 Å². The molecule has 0 unspecified atom stereocenters. The Hall–Kier alpha value is -7.62. The Morgan fingerprint density at radius 1 is 0.298 bits per heavy atom. The standard InChI is InChI=1S/C54H37N3/c1-4-17-38(18-5-1)39-31-33-42(34-32-39)57-51-29-15-12-25-46(51)48-26-16-30-52(54(48)57)56(49-27-13-10-23-44(49)40-19-6-2-7-20-40)43-35-36-47-45-24-11-14-28-50(45)55(53(47)37-43)41-21-8-3-9-22-41/h1-37H. The van der Waals surface area contributed by atoms with Gasteiger partial charge in [-0.25, -0.2) is 0 Å². The van der Waals surface area contributed by atoms with Crippen molar-refractivity contribution in [1.29, 1.82) is 0 Å². The lowest BCUT2D eigenvalue weighted by Crippen LogP contribution is -2.13. The van der Waals surface area contributed by atoms with Crippen LogP contribution in [-0.4, -0.2) is 9.13 Å². The number of fused-ring (bicyclic) bond motifs is 6. The Balaban J connectivity index is 1.22. The van der Waals surface area contributed by atoms with Crippen molar-refractivity contribution in [2.75, 3.05) is 4.90 Å². The van der Waals surface area contributed by atoms with E-state index in [1.807, 2.05) is 0 Å². The quantitative estimate of drug-likeness (QED) is 0.159. The molecule has 0 fully saturated rings. The van der Waals surface area contributed by atoms with Crippen LogP contribution in [-0.2, 0) is 0 Å². The van der Waals surface area contributed by atoms with E-state index in [1.54, 1.807) is 0 Å². The van der Waals surface area contributed by atoms with Crippen molar-refractivity contribution in [3.63, 3.8) is 0 Å². The lowest BCUT2D eigenvalue weighted by molar-refractivity contribution is 1.16. The van der Waals surface area contributed by atoms with Crippen LogP contribution in [0.5, 0.6) is 0 Å². The minimum atomic E-state index is 1.08. The molecule has 0 aliphatic rings. The first-order valence-corrected chi connectivity index (χ1v) is 19.5.